The van der Waals surface area contributed by atoms with Gasteiger partial charge in [-0.1, -0.05) is 34.6 Å². The van der Waals surface area contributed by atoms with Gasteiger partial charge in [0.2, 0.25) is 0 Å². The van der Waals surface area contributed by atoms with Gasteiger partial charge in [-0.15, -0.1) is 0 Å². The van der Waals surface area contributed by atoms with E-state index in [1.54, 1.807) is 0 Å². The first-order valence-corrected chi connectivity index (χ1v) is 7.43. The summed E-state index contributed by atoms with van der Waals surface area (Å²) in [7, 11) is 0. The lowest BCUT2D eigenvalue weighted by atomic mass is 9.84. The van der Waals surface area contributed by atoms with Crippen LogP contribution in [-0.4, -0.2) is 24.8 Å². The molecule has 1 unspecified atom stereocenters. The molecule has 0 saturated heterocycles. The van der Waals surface area contributed by atoms with Crippen LogP contribution in [0, 0.1) is 5.92 Å². The molecule has 0 radical (unpaired) electrons. The first-order chi connectivity index (χ1) is 8.06. The van der Waals surface area contributed by atoms with Crippen molar-refractivity contribution >= 4 is 0 Å². The Labute approximate surface area is 109 Å². The smallest absolute Gasteiger partial charge is 0.0829 e. The van der Waals surface area contributed by atoms with E-state index >= 15 is 0 Å². The van der Waals surface area contributed by atoms with Gasteiger partial charge in [-0.2, -0.15) is 0 Å². The van der Waals surface area contributed by atoms with E-state index in [0.717, 1.165) is 31.9 Å². The molecular weight excluding hydrogens is 210 g/mol. The monoisotopic (exact) mass is 243 g/mol. The Morgan fingerprint density at radius 3 is 1.94 bits per heavy atom. The van der Waals surface area contributed by atoms with Crippen LogP contribution in [0.25, 0.3) is 0 Å². The van der Waals surface area contributed by atoms with Gasteiger partial charge in [0.05, 0.1) is 5.60 Å². The molecule has 0 aromatic rings. The van der Waals surface area contributed by atoms with E-state index in [0.29, 0.717) is 6.04 Å². The van der Waals surface area contributed by atoms with E-state index in [2.05, 4.69) is 46.9 Å². The van der Waals surface area contributed by atoms with Gasteiger partial charge in [-0.3, -0.25) is 0 Å². The van der Waals surface area contributed by atoms with Crippen LogP contribution in [0.5, 0.6) is 0 Å². The van der Waals surface area contributed by atoms with Crippen molar-refractivity contribution in [3.8, 4) is 0 Å². The quantitative estimate of drug-likeness (QED) is 0.626. The molecule has 2 nitrogen and oxygen atoms in total. The molecule has 0 heterocycles. The van der Waals surface area contributed by atoms with Crippen LogP contribution in [0.4, 0.5) is 0 Å². The molecule has 104 valence electrons. The fourth-order valence-corrected chi connectivity index (χ4v) is 2.63. The highest BCUT2D eigenvalue weighted by molar-refractivity contribution is 4.91. The first-order valence-electron chi connectivity index (χ1n) is 7.43. The largest absolute Gasteiger partial charge is 0.374 e. The predicted octanol–water partition coefficient (Wildman–Crippen LogP) is 4.00. The topological polar surface area (TPSA) is 21.3 Å². The predicted molar refractivity (Wildman–Crippen MR) is 76.5 cm³/mol. The third-order valence-electron chi connectivity index (χ3n) is 3.75. The van der Waals surface area contributed by atoms with Crippen molar-refractivity contribution in [2.24, 2.45) is 5.92 Å². The van der Waals surface area contributed by atoms with Crippen LogP contribution in [0.1, 0.15) is 67.2 Å². The maximum absolute atomic E-state index is 6.11. The van der Waals surface area contributed by atoms with Gasteiger partial charge in [0.1, 0.15) is 0 Å². The van der Waals surface area contributed by atoms with E-state index in [4.69, 9.17) is 4.74 Å². The van der Waals surface area contributed by atoms with Gasteiger partial charge in [-0.05, 0) is 45.1 Å². The number of hydrogen-bond donors (Lipinski definition) is 1. The second-order valence-electron chi connectivity index (χ2n) is 5.29. The summed E-state index contributed by atoms with van der Waals surface area (Å²) in [6, 6.07) is 0.491. The molecular formula is C15H33NO. The van der Waals surface area contributed by atoms with Crippen LogP contribution in [-0.2, 0) is 4.74 Å². The Balaban J connectivity index is 4.68. The van der Waals surface area contributed by atoms with Crippen molar-refractivity contribution < 1.29 is 4.74 Å². The van der Waals surface area contributed by atoms with Crippen LogP contribution >= 0.6 is 0 Å². The zero-order valence-electron chi connectivity index (χ0n) is 12.8. The van der Waals surface area contributed by atoms with E-state index < -0.39 is 0 Å². The molecule has 0 saturated carbocycles. The Kier molecular flexibility index (Phi) is 8.89. The van der Waals surface area contributed by atoms with Gasteiger partial charge in [0.15, 0.2) is 0 Å². The Hall–Kier alpha value is -0.0800. The minimum Gasteiger partial charge on any atom is -0.374 e. The summed E-state index contributed by atoms with van der Waals surface area (Å²) in [6.07, 6.45) is 4.67. The summed E-state index contributed by atoms with van der Waals surface area (Å²) < 4.78 is 6.11. The van der Waals surface area contributed by atoms with Gasteiger partial charge in [0.25, 0.3) is 0 Å². The molecule has 0 amide bonds. The molecule has 0 fully saturated rings. The molecule has 0 aliphatic carbocycles. The van der Waals surface area contributed by atoms with Crippen LogP contribution in [0.15, 0.2) is 0 Å². The van der Waals surface area contributed by atoms with Gasteiger partial charge in [-0.25, -0.2) is 0 Å². The average Bonchev–Trinajstić information content (AvgIpc) is 2.31. The fraction of sp³-hybridized carbons (Fsp3) is 1.00. The van der Waals surface area contributed by atoms with E-state index in [9.17, 15) is 0 Å². The summed E-state index contributed by atoms with van der Waals surface area (Å²) in [5.74, 6) is 0.768. The van der Waals surface area contributed by atoms with Crippen molar-refractivity contribution in [1.82, 2.24) is 5.32 Å². The van der Waals surface area contributed by atoms with Crippen molar-refractivity contribution in [1.29, 1.82) is 0 Å². The lowest BCUT2D eigenvalue weighted by Gasteiger charge is -2.40. The second kappa shape index (κ2) is 8.93. The second-order valence-corrected chi connectivity index (χ2v) is 5.29. The lowest BCUT2D eigenvalue weighted by Crippen LogP contribution is -2.52. The van der Waals surface area contributed by atoms with E-state index in [1.807, 2.05) is 0 Å². The Morgan fingerprint density at radius 2 is 1.59 bits per heavy atom. The molecule has 0 bridgehead atoms. The van der Waals surface area contributed by atoms with Crippen molar-refractivity contribution in [2.45, 2.75) is 78.9 Å². The summed E-state index contributed by atoms with van der Waals surface area (Å²) in [6.45, 7) is 15.2. The molecule has 0 aliphatic rings. The number of ether oxygens (including phenoxy) is 1. The minimum absolute atomic E-state index is 0.0274. The molecule has 0 aliphatic heterocycles. The standard InChI is InChI=1S/C15H33NO/c1-7-15(8-2,17-10-4)14(16-9-3)12-11-13(5)6/h13-14,16H,7-12H2,1-6H3. The summed E-state index contributed by atoms with van der Waals surface area (Å²) in [4.78, 5) is 0. The molecule has 0 aromatic carbocycles. The zero-order chi connectivity index (χ0) is 13.3. The average molecular weight is 243 g/mol. The zero-order valence-corrected chi connectivity index (χ0v) is 12.8. The van der Waals surface area contributed by atoms with Crippen LogP contribution < -0.4 is 5.32 Å². The van der Waals surface area contributed by atoms with Gasteiger partial charge in [0, 0.05) is 12.6 Å². The Bertz CT molecular complexity index is 176. The molecule has 0 spiro atoms. The minimum atomic E-state index is 0.0274. The SMILES string of the molecule is CCNC(CCC(C)C)C(CC)(CC)OCC. The van der Waals surface area contributed by atoms with Gasteiger partial charge >= 0.3 is 0 Å². The number of nitrogens with one attached hydrogen (secondary N) is 1. The molecule has 2 heteroatoms. The third kappa shape index (κ3) is 5.39. The highest BCUT2D eigenvalue weighted by Crippen LogP contribution is 2.28. The maximum atomic E-state index is 6.11. The number of likely N-dealkylation sites (N-methyl/N-ethyl adjacent to an activating group) is 1. The number of rotatable bonds is 10. The van der Waals surface area contributed by atoms with Crippen LogP contribution in [0.3, 0.4) is 0 Å². The lowest BCUT2D eigenvalue weighted by molar-refractivity contribution is -0.0742. The summed E-state index contributed by atoms with van der Waals surface area (Å²) in [5, 5.41) is 3.64. The molecule has 0 aromatic heterocycles. The molecule has 17 heavy (non-hydrogen) atoms. The first kappa shape index (κ1) is 16.9. The van der Waals surface area contributed by atoms with Crippen molar-refractivity contribution in [3.05, 3.63) is 0 Å². The van der Waals surface area contributed by atoms with E-state index in [-0.39, 0.29) is 5.60 Å². The van der Waals surface area contributed by atoms with E-state index in [1.165, 1.54) is 12.8 Å². The highest BCUT2D eigenvalue weighted by Gasteiger charge is 2.35. The van der Waals surface area contributed by atoms with Crippen molar-refractivity contribution in [3.63, 3.8) is 0 Å². The van der Waals surface area contributed by atoms with Crippen molar-refractivity contribution in [2.75, 3.05) is 13.2 Å². The summed E-state index contributed by atoms with van der Waals surface area (Å²) in [5.41, 5.74) is 0.0274. The van der Waals surface area contributed by atoms with Crippen LogP contribution in [0.2, 0.25) is 0 Å². The fourth-order valence-electron chi connectivity index (χ4n) is 2.63. The molecule has 1 N–H and O–H groups in total. The summed E-state index contributed by atoms with van der Waals surface area (Å²) >= 11 is 0. The molecule has 1 atom stereocenters. The third-order valence-corrected chi connectivity index (χ3v) is 3.75. The normalized spacial score (nSPS) is 14.3. The Morgan fingerprint density at radius 1 is 1.00 bits per heavy atom. The maximum Gasteiger partial charge on any atom is 0.0829 e. The molecule has 0 rings (SSSR count). The number of hydrogen-bond acceptors (Lipinski definition) is 2. The highest BCUT2D eigenvalue weighted by atomic mass is 16.5. The van der Waals surface area contributed by atoms with Gasteiger partial charge < -0.3 is 10.1 Å².